The number of rotatable bonds is 6. The van der Waals surface area contributed by atoms with Gasteiger partial charge in [-0.2, -0.15) is 5.10 Å². The summed E-state index contributed by atoms with van der Waals surface area (Å²) in [5, 5.41) is 3.98. The molecule has 0 saturated carbocycles. The molecule has 2 aromatic carbocycles. The monoisotopic (exact) mass is 340 g/mol. The summed E-state index contributed by atoms with van der Waals surface area (Å²) in [6.07, 6.45) is 1.81. The van der Waals surface area contributed by atoms with E-state index in [1.807, 2.05) is 49.4 Å². The van der Waals surface area contributed by atoms with Gasteiger partial charge in [-0.1, -0.05) is 6.07 Å². The van der Waals surface area contributed by atoms with Gasteiger partial charge in [-0.3, -0.25) is 4.79 Å². The van der Waals surface area contributed by atoms with Crippen LogP contribution in [0.4, 0.5) is 0 Å². The molecule has 0 radical (unpaired) electrons. The zero-order valence-electron chi connectivity index (χ0n) is 14.0. The SMILES string of the molecule is CCOc1ccc(/C=N/NC(=O)Cc2ccc3c(c2)OCCO3)cc1. The largest absolute Gasteiger partial charge is 0.494 e. The van der Waals surface area contributed by atoms with Crippen molar-refractivity contribution in [1.29, 1.82) is 0 Å². The Bertz CT molecular complexity index is 757. The number of carbonyl (C=O) groups excluding carboxylic acids is 1. The maximum atomic E-state index is 12.0. The average Bonchev–Trinajstić information content (AvgIpc) is 2.63. The Morgan fingerprint density at radius 1 is 1.16 bits per heavy atom. The Hall–Kier alpha value is -3.02. The third-order valence-corrected chi connectivity index (χ3v) is 3.57. The molecule has 130 valence electrons. The molecule has 0 aliphatic carbocycles. The molecule has 3 rings (SSSR count). The van der Waals surface area contributed by atoms with Crippen molar-refractivity contribution < 1.29 is 19.0 Å². The summed E-state index contributed by atoms with van der Waals surface area (Å²) >= 11 is 0. The lowest BCUT2D eigenvalue weighted by atomic mass is 10.1. The summed E-state index contributed by atoms with van der Waals surface area (Å²) in [6.45, 7) is 3.64. The molecule has 1 heterocycles. The molecule has 0 atom stereocenters. The second kappa shape index (κ2) is 8.19. The highest BCUT2D eigenvalue weighted by atomic mass is 16.6. The molecule has 25 heavy (non-hydrogen) atoms. The zero-order valence-corrected chi connectivity index (χ0v) is 14.0. The summed E-state index contributed by atoms with van der Waals surface area (Å²) in [5.41, 5.74) is 4.25. The van der Waals surface area contributed by atoms with Gasteiger partial charge in [0.05, 0.1) is 19.2 Å². The minimum absolute atomic E-state index is 0.195. The fourth-order valence-electron chi connectivity index (χ4n) is 2.42. The molecule has 0 bridgehead atoms. The molecule has 0 spiro atoms. The first-order chi connectivity index (χ1) is 12.2. The summed E-state index contributed by atoms with van der Waals surface area (Å²) in [7, 11) is 0. The van der Waals surface area contributed by atoms with E-state index in [1.165, 1.54) is 0 Å². The van der Waals surface area contributed by atoms with Crippen molar-refractivity contribution in [2.75, 3.05) is 19.8 Å². The van der Waals surface area contributed by atoms with Gasteiger partial charge in [-0.05, 0) is 54.4 Å². The standard InChI is InChI=1S/C19H20N2O4/c1-2-23-16-6-3-14(4-7-16)13-20-21-19(22)12-15-5-8-17-18(11-15)25-10-9-24-17/h3-8,11,13H,2,9-10,12H2,1H3,(H,21,22)/b20-13+. The van der Waals surface area contributed by atoms with Crippen LogP contribution >= 0.6 is 0 Å². The van der Waals surface area contributed by atoms with Crippen molar-refractivity contribution in [3.05, 3.63) is 53.6 Å². The van der Waals surface area contributed by atoms with Crippen molar-refractivity contribution in [2.24, 2.45) is 5.10 Å². The number of carbonyl (C=O) groups is 1. The van der Waals surface area contributed by atoms with Crippen LogP contribution in [0.2, 0.25) is 0 Å². The third kappa shape index (κ3) is 4.73. The van der Waals surface area contributed by atoms with Crippen LogP contribution in [0.25, 0.3) is 0 Å². The van der Waals surface area contributed by atoms with Crippen LogP contribution in [0.15, 0.2) is 47.6 Å². The molecular weight excluding hydrogens is 320 g/mol. The highest BCUT2D eigenvalue weighted by Crippen LogP contribution is 2.30. The van der Waals surface area contributed by atoms with Crippen molar-refractivity contribution in [1.82, 2.24) is 5.43 Å². The predicted molar refractivity (Wildman–Crippen MR) is 94.5 cm³/mol. The maximum absolute atomic E-state index is 12.0. The zero-order chi connectivity index (χ0) is 17.5. The predicted octanol–water partition coefficient (Wildman–Crippen LogP) is 2.55. The van der Waals surface area contributed by atoms with Gasteiger partial charge in [0.15, 0.2) is 11.5 Å². The highest BCUT2D eigenvalue weighted by molar-refractivity contribution is 5.83. The van der Waals surface area contributed by atoms with Crippen LogP contribution in [-0.4, -0.2) is 31.9 Å². The first-order valence-corrected chi connectivity index (χ1v) is 8.18. The second-order valence-electron chi connectivity index (χ2n) is 5.45. The van der Waals surface area contributed by atoms with Crippen molar-refractivity contribution in [3.63, 3.8) is 0 Å². The topological polar surface area (TPSA) is 69.2 Å². The number of nitrogens with one attached hydrogen (secondary N) is 1. The molecular formula is C19H20N2O4. The first kappa shape index (κ1) is 16.8. The Morgan fingerprint density at radius 3 is 2.68 bits per heavy atom. The Balaban J connectivity index is 1.52. The van der Waals surface area contributed by atoms with Crippen LogP contribution in [0.5, 0.6) is 17.2 Å². The summed E-state index contributed by atoms with van der Waals surface area (Å²) in [4.78, 5) is 12.0. The molecule has 0 aromatic heterocycles. The molecule has 6 nitrogen and oxygen atoms in total. The molecule has 0 unspecified atom stereocenters. The van der Waals surface area contributed by atoms with Crippen LogP contribution in [-0.2, 0) is 11.2 Å². The number of benzene rings is 2. The summed E-state index contributed by atoms with van der Waals surface area (Å²) in [5.74, 6) is 2.00. The van der Waals surface area contributed by atoms with E-state index in [9.17, 15) is 4.79 Å². The number of fused-ring (bicyclic) bond motifs is 1. The minimum Gasteiger partial charge on any atom is -0.494 e. The molecule has 1 aliphatic rings. The molecule has 1 amide bonds. The lowest BCUT2D eigenvalue weighted by molar-refractivity contribution is -0.120. The normalized spacial score (nSPS) is 12.8. The minimum atomic E-state index is -0.195. The van der Waals surface area contributed by atoms with Gasteiger partial charge in [0.2, 0.25) is 5.91 Å². The van der Waals surface area contributed by atoms with Crippen LogP contribution in [0, 0.1) is 0 Å². The van der Waals surface area contributed by atoms with Gasteiger partial charge in [0.25, 0.3) is 0 Å². The summed E-state index contributed by atoms with van der Waals surface area (Å²) in [6, 6.07) is 13.0. The fourth-order valence-corrected chi connectivity index (χ4v) is 2.42. The van der Waals surface area contributed by atoms with Crippen molar-refractivity contribution in [2.45, 2.75) is 13.3 Å². The first-order valence-electron chi connectivity index (χ1n) is 8.18. The van der Waals surface area contributed by atoms with E-state index < -0.39 is 0 Å². The molecule has 2 aromatic rings. The Labute approximate surface area is 146 Å². The number of hydrazone groups is 1. The van der Waals surface area contributed by atoms with E-state index in [0.717, 1.165) is 16.9 Å². The number of ether oxygens (including phenoxy) is 3. The molecule has 6 heteroatoms. The van der Waals surface area contributed by atoms with E-state index in [-0.39, 0.29) is 12.3 Å². The quantitative estimate of drug-likeness (QED) is 0.648. The van der Waals surface area contributed by atoms with E-state index in [0.29, 0.717) is 31.3 Å². The van der Waals surface area contributed by atoms with Crippen molar-refractivity contribution >= 4 is 12.1 Å². The fraction of sp³-hybridized carbons (Fsp3) is 0.263. The molecule has 1 N–H and O–H groups in total. The van der Waals surface area contributed by atoms with Gasteiger partial charge >= 0.3 is 0 Å². The van der Waals surface area contributed by atoms with Gasteiger partial charge < -0.3 is 14.2 Å². The van der Waals surface area contributed by atoms with E-state index in [2.05, 4.69) is 10.5 Å². The Kier molecular flexibility index (Phi) is 5.51. The number of nitrogens with zero attached hydrogens (tertiary/aromatic N) is 1. The van der Waals surface area contributed by atoms with E-state index in [4.69, 9.17) is 14.2 Å². The van der Waals surface area contributed by atoms with Gasteiger partial charge in [-0.25, -0.2) is 5.43 Å². The average molecular weight is 340 g/mol. The van der Waals surface area contributed by atoms with Crippen LogP contribution < -0.4 is 19.6 Å². The molecule has 0 saturated heterocycles. The molecule has 1 aliphatic heterocycles. The Morgan fingerprint density at radius 2 is 1.92 bits per heavy atom. The van der Waals surface area contributed by atoms with Crippen LogP contribution in [0.1, 0.15) is 18.1 Å². The smallest absolute Gasteiger partial charge is 0.244 e. The third-order valence-electron chi connectivity index (χ3n) is 3.57. The molecule has 0 fully saturated rings. The lowest BCUT2D eigenvalue weighted by Gasteiger charge is -2.18. The van der Waals surface area contributed by atoms with Gasteiger partial charge in [-0.15, -0.1) is 0 Å². The maximum Gasteiger partial charge on any atom is 0.244 e. The van der Waals surface area contributed by atoms with E-state index >= 15 is 0 Å². The second-order valence-corrected chi connectivity index (χ2v) is 5.45. The van der Waals surface area contributed by atoms with Gasteiger partial charge in [0.1, 0.15) is 19.0 Å². The highest BCUT2D eigenvalue weighted by Gasteiger charge is 2.12. The number of hydrogen-bond donors (Lipinski definition) is 1. The van der Waals surface area contributed by atoms with E-state index in [1.54, 1.807) is 6.21 Å². The van der Waals surface area contributed by atoms with Crippen LogP contribution in [0.3, 0.4) is 0 Å². The lowest BCUT2D eigenvalue weighted by Crippen LogP contribution is -2.20. The summed E-state index contributed by atoms with van der Waals surface area (Å²) < 4.78 is 16.4. The number of amides is 1. The number of hydrogen-bond acceptors (Lipinski definition) is 5. The van der Waals surface area contributed by atoms with Gasteiger partial charge in [0, 0.05) is 0 Å². The van der Waals surface area contributed by atoms with Crippen molar-refractivity contribution in [3.8, 4) is 17.2 Å².